The lowest BCUT2D eigenvalue weighted by Crippen LogP contribution is -2.33. The van der Waals surface area contributed by atoms with Gasteiger partial charge in [0, 0.05) is 24.2 Å². The number of nitrogens with two attached hydrogens (primary N) is 1. The molecule has 2 atom stereocenters. The summed E-state index contributed by atoms with van der Waals surface area (Å²) in [6.45, 7) is 4.60. The maximum Gasteiger partial charge on any atom is 0.127 e. The molecule has 0 fully saturated rings. The normalized spacial score (nSPS) is 14.2. The monoisotopic (exact) mass is 286 g/mol. The third-order valence-corrected chi connectivity index (χ3v) is 4.23. The van der Waals surface area contributed by atoms with Gasteiger partial charge in [0.05, 0.1) is 0 Å². The van der Waals surface area contributed by atoms with E-state index >= 15 is 0 Å². The second-order valence-corrected chi connectivity index (χ2v) is 5.47. The van der Waals surface area contributed by atoms with Crippen LogP contribution in [0.5, 0.6) is 0 Å². The molecule has 0 aliphatic rings. The fourth-order valence-corrected chi connectivity index (χ4v) is 2.78. The molecule has 0 aliphatic heterocycles. The first-order valence-electron chi connectivity index (χ1n) is 7.28. The van der Waals surface area contributed by atoms with Gasteiger partial charge in [-0.25, -0.2) is 4.39 Å². The van der Waals surface area contributed by atoms with Crippen molar-refractivity contribution < 1.29 is 4.39 Å². The first-order valence-corrected chi connectivity index (χ1v) is 7.28. The molecule has 0 bridgehead atoms. The largest absolute Gasteiger partial charge is 0.329 e. The molecule has 0 heterocycles. The fourth-order valence-electron chi connectivity index (χ4n) is 2.78. The highest BCUT2D eigenvalue weighted by Crippen LogP contribution is 2.30. The predicted molar refractivity (Wildman–Crippen MR) is 85.6 cm³/mol. The molecule has 0 radical (unpaired) electrons. The zero-order valence-electron chi connectivity index (χ0n) is 12.9. The lowest BCUT2D eigenvalue weighted by atomic mass is 9.97. The molecule has 2 rings (SSSR count). The average Bonchev–Trinajstić information content (AvgIpc) is 2.49. The maximum absolute atomic E-state index is 14.0. The highest BCUT2D eigenvalue weighted by Gasteiger charge is 2.24. The Balaban J connectivity index is 2.31. The molecular weight excluding hydrogens is 263 g/mol. The maximum atomic E-state index is 14.0. The summed E-state index contributed by atoms with van der Waals surface area (Å²) in [5, 5.41) is 0. The Hall–Kier alpha value is -1.71. The first-order chi connectivity index (χ1) is 10.1. The van der Waals surface area contributed by atoms with Crippen LogP contribution in [0.1, 0.15) is 35.7 Å². The summed E-state index contributed by atoms with van der Waals surface area (Å²) in [4.78, 5) is 2.14. The molecule has 0 saturated heterocycles. The highest BCUT2D eigenvalue weighted by atomic mass is 19.1. The van der Waals surface area contributed by atoms with Crippen LogP contribution in [0.4, 0.5) is 4.39 Å². The third-order valence-electron chi connectivity index (χ3n) is 4.23. The standard InChI is InChI=1S/C18H23FN2/c1-13-8-4-5-9-15(13)18(12-20)21(3)14(2)16-10-6-7-11-17(16)19/h4-11,14,18H,12,20H2,1-3H3. The van der Waals surface area contributed by atoms with E-state index in [9.17, 15) is 4.39 Å². The van der Waals surface area contributed by atoms with Crippen LogP contribution in [-0.2, 0) is 0 Å². The van der Waals surface area contributed by atoms with E-state index in [4.69, 9.17) is 5.73 Å². The van der Waals surface area contributed by atoms with E-state index in [0.717, 1.165) is 0 Å². The van der Waals surface area contributed by atoms with Crippen molar-refractivity contribution in [1.82, 2.24) is 4.90 Å². The summed E-state index contributed by atoms with van der Waals surface area (Å²) in [7, 11) is 2.00. The minimum absolute atomic E-state index is 0.0423. The van der Waals surface area contributed by atoms with Gasteiger partial charge in [0.25, 0.3) is 0 Å². The van der Waals surface area contributed by atoms with Crippen molar-refractivity contribution in [2.75, 3.05) is 13.6 Å². The summed E-state index contributed by atoms with van der Waals surface area (Å²) < 4.78 is 14.0. The number of benzene rings is 2. The van der Waals surface area contributed by atoms with E-state index in [-0.39, 0.29) is 17.9 Å². The van der Waals surface area contributed by atoms with Crippen LogP contribution in [0, 0.1) is 12.7 Å². The molecule has 2 aromatic rings. The summed E-state index contributed by atoms with van der Waals surface area (Å²) in [6, 6.07) is 15.2. The highest BCUT2D eigenvalue weighted by molar-refractivity contribution is 5.30. The molecule has 3 heteroatoms. The van der Waals surface area contributed by atoms with Gasteiger partial charge in [-0.2, -0.15) is 0 Å². The van der Waals surface area contributed by atoms with Crippen molar-refractivity contribution in [3.8, 4) is 0 Å². The number of hydrogen-bond acceptors (Lipinski definition) is 2. The van der Waals surface area contributed by atoms with E-state index < -0.39 is 0 Å². The van der Waals surface area contributed by atoms with Crippen LogP contribution in [0.3, 0.4) is 0 Å². The van der Waals surface area contributed by atoms with Crippen molar-refractivity contribution in [3.05, 3.63) is 71.0 Å². The summed E-state index contributed by atoms with van der Waals surface area (Å²) in [5.74, 6) is -0.169. The van der Waals surface area contributed by atoms with E-state index in [1.165, 1.54) is 17.2 Å². The van der Waals surface area contributed by atoms with E-state index in [0.29, 0.717) is 12.1 Å². The van der Waals surface area contributed by atoms with Crippen molar-refractivity contribution in [1.29, 1.82) is 0 Å². The van der Waals surface area contributed by atoms with E-state index in [1.807, 2.05) is 38.2 Å². The minimum atomic E-state index is -0.169. The third kappa shape index (κ3) is 3.31. The molecule has 2 aromatic carbocycles. The summed E-state index contributed by atoms with van der Waals surface area (Å²) >= 11 is 0. The molecule has 21 heavy (non-hydrogen) atoms. The number of rotatable bonds is 5. The van der Waals surface area contributed by atoms with Crippen LogP contribution in [0.25, 0.3) is 0 Å². The number of halogens is 1. The number of nitrogens with zero attached hydrogens (tertiary/aromatic N) is 1. The molecule has 112 valence electrons. The lowest BCUT2D eigenvalue weighted by molar-refractivity contribution is 0.186. The minimum Gasteiger partial charge on any atom is -0.329 e. The van der Waals surface area contributed by atoms with Crippen LogP contribution in [0.15, 0.2) is 48.5 Å². The Morgan fingerprint density at radius 2 is 1.62 bits per heavy atom. The van der Waals surface area contributed by atoms with Gasteiger partial charge < -0.3 is 5.73 Å². The molecule has 0 aromatic heterocycles. The molecule has 2 unspecified atom stereocenters. The van der Waals surface area contributed by atoms with E-state index in [2.05, 4.69) is 24.0 Å². The Labute approximate surface area is 126 Å². The van der Waals surface area contributed by atoms with Crippen molar-refractivity contribution >= 4 is 0 Å². The Morgan fingerprint density at radius 3 is 2.19 bits per heavy atom. The van der Waals surface area contributed by atoms with Gasteiger partial charge in [0.15, 0.2) is 0 Å². The van der Waals surface area contributed by atoms with Crippen LogP contribution >= 0.6 is 0 Å². The SMILES string of the molecule is Cc1ccccc1C(CN)N(C)C(C)c1ccccc1F. The molecule has 0 spiro atoms. The Kier molecular flexibility index (Phi) is 5.10. The second kappa shape index (κ2) is 6.83. The molecule has 2 N–H and O–H groups in total. The van der Waals surface area contributed by atoms with Gasteiger partial charge in [0.2, 0.25) is 0 Å². The van der Waals surface area contributed by atoms with Gasteiger partial charge in [-0.05, 0) is 38.1 Å². The zero-order chi connectivity index (χ0) is 15.4. The first kappa shape index (κ1) is 15.7. The van der Waals surface area contributed by atoms with Gasteiger partial charge >= 0.3 is 0 Å². The Bertz CT molecular complexity index is 597. The molecule has 0 amide bonds. The summed E-state index contributed by atoms with van der Waals surface area (Å²) in [5.41, 5.74) is 9.10. The summed E-state index contributed by atoms with van der Waals surface area (Å²) in [6.07, 6.45) is 0. The molecule has 2 nitrogen and oxygen atoms in total. The van der Waals surface area contributed by atoms with Gasteiger partial charge in [0.1, 0.15) is 5.82 Å². The number of aryl methyl sites for hydroxylation is 1. The molecule has 0 aliphatic carbocycles. The van der Waals surface area contributed by atoms with Crippen molar-refractivity contribution in [3.63, 3.8) is 0 Å². The second-order valence-electron chi connectivity index (χ2n) is 5.47. The van der Waals surface area contributed by atoms with Crippen LogP contribution in [-0.4, -0.2) is 18.5 Å². The number of hydrogen-bond donors (Lipinski definition) is 1. The quantitative estimate of drug-likeness (QED) is 0.905. The topological polar surface area (TPSA) is 29.3 Å². The van der Waals surface area contributed by atoms with Crippen molar-refractivity contribution in [2.24, 2.45) is 5.73 Å². The lowest BCUT2D eigenvalue weighted by Gasteiger charge is -2.34. The van der Waals surface area contributed by atoms with Crippen molar-refractivity contribution in [2.45, 2.75) is 25.9 Å². The molecular formula is C18H23FN2. The van der Waals surface area contributed by atoms with Gasteiger partial charge in [-0.1, -0.05) is 42.5 Å². The van der Waals surface area contributed by atoms with Crippen LogP contribution < -0.4 is 5.73 Å². The molecule has 0 saturated carbocycles. The van der Waals surface area contributed by atoms with Gasteiger partial charge in [-0.3, -0.25) is 4.90 Å². The Morgan fingerprint density at radius 1 is 1.05 bits per heavy atom. The van der Waals surface area contributed by atoms with Crippen LogP contribution in [0.2, 0.25) is 0 Å². The average molecular weight is 286 g/mol. The number of likely N-dealkylation sites (N-methyl/N-ethyl adjacent to an activating group) is 1. The fraction of sp³-hybridized carbons (Fsp3) is 0.333. The van der Waals surface area contributed by atoms with E-state index in [1.54, 1.807) is 6.07 Å². The van der Waals surface area contributed by atoms with Gasteiger partial charge in [-0.15, -0.1) is 0 Å². The smallest absolute Gasteiger partial charge is 0.127 e. The zero-order valence-corrected chi connectivity index (χ0v) is 12.9. The predicted octanol–water partition coefficient (Wildman–Crippen LogP) is 3.83.